The van der Waals surface area contributed by atoms with Crippen molar-refractivity contribution in [2.45, 2.75) is 33.1 Å². The molecule has 3 heteroatoms. The molecule has 0 saturated carbocycles. The summed E-state index contributed by atoms with van der Waals surface area (Å²) >= 11 is 0. The number of nitrogens with zero attached hydrogens (tertiary/aromatic N) is 1. The van der Waals surface area contributed by atoms with E-state index < -0.39 is 0 Å². The van der Waals surface area contributed by atoms with Gasteiger partial charge in [-0.3, -0.25) is 0 Å². The van der Waals surface area contributed by atoms with Crippen molar-refractivity contribution >= 4 is 7.85 Å². The molecule has 0 aliphatic heterocycles. The van der Waals surface area contributed by atoms with Gasteiger partial charge in [0.05, 0.1) is 7.85 Å². The van der Waals surface area contributed by atoms with E-state index >= 15 is 0 Å². The normalized spacial score (nSPS) is 11.5. The first-order valence-electron chi connectivity index (χ1n) is 5.63. The van der Waals surface area contributed by atoms with Crippen LogP contribution in [0.3, 0.4) is 0 Å². The summed E-state index contributed by atoms with van der Waals surface area (Å²) in [5, 5.41) is 0. The van der Waals surface area contributed by atoms with E-state index in [4.69, 9.17) is 12.6 Å². The van der Waals surface area contributed by atoms with Crippen molar-refractivity contribution in [3.8, 4) is 0 Å². The first kappa shape index (κ1) is 14.0. The largest absolute Gasteiger partial charge is 0.381 e. The van der Waals surface area contributed by atoms with Crippen molar-refractivity contribution in [3.63, 3.8) is 0 Å². The Morgan fingerprint density at radius 1 is 1.21 bits per heavy atom. The van der Waals surface area contributed by atoms with Crippen LogP contribution in [0, 0.1) is 5.92 Å². The standard InChI is InChI=1S/C11H24BNO/c1-11(2)6-4-8-14-9-5-7-13(3)10-12/h11H,4-10H2,1-3H3. The van der Waals surface area contributed by atoms with Crippen LogP contribution in [0.5, 0.6) is 0 Å². The van der Waals surface area contributed by atoms with Crippen LogP contribution < -0.4 is 0 Å². The molecule has 0 unspecified atom stereocenters. The monoisotopic (exact) mass is 197 g/mol. The molecule has 0 amide bonds. The third-order valence-corrected chi connectivity index (χ3v) is 2.21. The second-order valence-electron chi connectivity index (χ2n) is 4.26. The minimum Gasteiger partial charge on any atom is -0.381 e. The summed E-state index contributed by atoms with van der Waals surface area (Å²) in [6.45, 7) is 7.29. The van der Waals surface area contributed by atoms with Crippen molar-refractivity contribution in [2.24, 2.45) is 5.92 Å². The molecule has 0 heterocycles. The highest BCUT2D eigenvalue weighted by Crippen LogP contribution is 2.03. The number of rotatable bonds is 9. The molecule has 0 rings (SSSR count). The van der Waals surface area contributed by atoms with E-state index in [1.165, 1.54) is 12.8 Å². The van der Waals surface area contributed by atoms with Crippen molar-refractivity contribution in [3.05, 3.63) is 0 Å². The molecule has 2 radical (unpaired) electrons. The zero-order chi connectivity index (χ0) is 10.8. The van der Waals surface area contributed by atoms with Gasteiger partial charge in [0.25, 0.3) is 0 Å². The summed E-state index contributed by atoms with van der Waals surface area (Å²) in [7, 11) is 7.48. The maximum Gasteiger partial charge on any atom is 0.0863 e. The second kappa shape index (κ2) is 9.54. The molecule has 0 aromatic carbocycles. The second-order valence-corrected chi connectivity index (χ2v) is 4.26. The van der Waals surface area contributed by atoms with Crippen LogP contribution >= 0.6 is 0 Å². The first-order chi connectivity index (χ1) is 6.66. The third-order valence-electron chi connectivity index (χ3n) is 2.21. The smallest absolute Gasteiger partial charge is 0.0863 e. The molecule has 0 saturated heterocycles. The molecule has 14 heavy (non-hydrogen) atoms. The molecule has 0 aliphatic carbocycles. The maximum absolute atomic E-state index is 5.51. The highest BCUT2D eigenvalue weighted by molar-refractivity contribution is 6.08. The van der Waals surface area contributed by atoms with Crippen molar-refractivity contribution in [2.75, 3.05) is 33.3 Å². The van der Waals surface area contributed by atoms with E-state index in [1.807, 2.05) is 7.05 Å². The summed E-state index contributed by atoms with van der Waals surface area (Å²) in [5.74, 6) is 0.793. The van der Waals surface area contributed by atoms with Gasteiger partial charge in [-0.2, -0.15) is 0 Å². The summed E-state index contributed by atoms with van der Waals surface area (Å²) in [4.78, 5) is 2.09. The van der Waals surface area contributed by atoms with Gasteiger partial charge >= 0.3 is 0 Å². The zero-order valence-corrected chi connectivity index (χ0v) is 9.96. The first-order valence-corrected chi connectivity index (χ1v) is 5.63. The molecular weight excluding hydrogens is 173 g/mol. The molecule has 0 fully saturated rings. The molecule has 0 spiro atoms. The molecular formula is C11H24BNO. The Bertz CT molecular complexity index is 120. The molecule has 0 N–H and O–H groups in total. The summed E-state index contributed by atoms with van der Waals surface area (Å²) in [6.07, 6.45) is 4.16. The van der Waals surface area contributed by atoms with Gasteiger partial charge in [0.2, 0.25) is 0 Å². The van der Waals surface area contributed by atoms with Gasteiger partial charge < -0.3 is 9.64 Å². The lowest BCUT2D eigenvalue weighted by Gasteiger charge is -2.13. The van der Waals surface area contributed by atoms with Crippen LogP contribution in [0.25, 0.3) is 0 Å². The van der Waals surface area contributed by atoms with Crippen LogP contribution in [0.2, 0.25) is 0 Å². The Balaban J connectivity index is 2.99. The Hall–Kier alpha value is -0.0151. The fraction of sp³-hybridized carbons (Fsp3) is 1.00. The van der Waals surface area contributed by atoms with Crippen molar-refractivity contribution < 1.29 is 4.74 Å². The lowest BCUT2D eigenvalue weighted by Crippen LogP contribution is -2.22. The van der Waals surface area contributed by atoms with Crippen molar-refractivity contribution in [1.29, 1.82) is 0 Å². The number of hydrogen-bond donors (Lipinski definition) is 0. The molecule has 2 nitrogen and oxygen atoms in total. The number of hydrogen-bond acceptors (Lipinski definition) is 2. The molecule has 0 atom stereocenters. The van der Waals surface area contributed by atoms with Crippen LogP contribution in [0.15, 0.2) is 0 Å². The topological polar surface area (TPSA) is 12.5 Å². The Kier molecular flexibility index (Phi) is 9.53. The van der Waals surface area contributed by atoms with Gasteiger partial charge in [-0.05, 0) is 45.2 Å². The van der Waals surface area contributed by atoms with Crippen LogP contribution in [0.1, 0.15) is 33.1 Å². The van der Waals surface area contributed by atoms with E-state index in [2.05, 4.69) is 18.7 Å². The molecule has 82 valence electrons. The Labute approximate surface area is 90.4 Å². The zero-order valence-electron chi connectivity index (χ0n) is 9.96. The highest BCUT2D eigenvalue weighted by atomic mass is 16.5. The lowest BCUT2D eigenvalue weighted by atomic mass is 10.1. The van der Waals surface area contributed by atoms with Crippen LogP contribution in [-0.2, 0) is 4.74 Å². The SMILES string of the molecule is [B]CN(C)CCCOCCCC(C)C. The van der Waals surface area contributed by atoms with Crippen LogP contribution in [-0.4, -0.2) is 46.0 Å². The molecule has 0 aliphatic rings. The molecule has 0 bridgehead atoms. The van der Waals surface area contributed by atoms with Gasteiger partial charge in [-0.1, -0.05) is 13.8 Å². The number of ether oxygens (including phenoxy) is 1. The van der Waals surface area contributed by atoms with Crippen LogP contribution in [0.4, 0.5) is 0 Å². The van der Waals surface area contributed by atoms with E-state index in [9.17, 15) is 0 Å². The molecule has 0 aromatic heterocycles. The van der Waals surface area contributed by atoms with E-state index in [0.717, 1.165) is 32.1 Å². The van der Waals surface area contributed by atoms with E-state index in [1.54, 1.807) is 0 Å². The fourth-order valence-electron chi connectivity index (χ4n) is 1.22. The average Bonchev–Trinajstić information content (AvgIpc) is 2.15. The quantitative estimate of drug-likeness (QED) is 0.413. The highest BCUT2D eigenvalue weighted by Gasteiger charge is 1.95. The lowest BCUT2D eigenvalue weighted by molar-refractivity contribution is 0.119. The Morgan fingerprint density at radius 3 is 2.43 bits per heavy atom. The Morgan fingerprint density at radius 2 is 1.86 bits per heavy atom. The van der Waals surface area contributed by atoms with Crippen molar-refractivity contribution in [1.82, 2.24) is 4.90 Å². The van der Waals surface area contributed by atoms with E-state index in [0.29, 0.717) is 6.44 Å². The minimum atomic E-state index is 0.632. The maximum atomic E-state index is 5.51. The minimum absolute atomic E-state index is 0.632. The van der Waals surface area contributed by atoms with E-state index in [-0.39, 0.29) is 0 Å². The van der Waals surface area contributed by atoms with Gasteiger partial charge in [-0.25, -0.2) is 0 Å². The van der Waals surface area contributed by atoms with Gasteiger partial charge in [0.15, 0.2) is 0 Å². The molecule has 0 aromatic rings. The summed E-state index contributed by atoms with van der Waals surface area (Å²) < 4.78 is 5.51. The third kappa shape index (κ3) is 10.1. The summed E-state index contributed by atoms with van der Waals surface area (Å²) in [5.41, 5.74) is 0. The van der Waals surface area contributed by atoms with Gasteiger partial charge in [-0.15, -0.1) is 0 Å². The predicted molar refractivity (Wildman–Crippen MR) is 62.8 cm³/mol. The predicted octanol–water partition coefficient (Wildman–Crippen LogP) is 1.89. The van der Waals surface area contributed by atoms with Gasteiger partial charge in [0, 0.05) is 13.2 Å². The fourth-order valence-corrected chi connectivity index (χ4v) is 1.22. The summed E-state index contributed by atoms with van der Waals surface area (Å²) in [6, 6.07) is 0. The average molecular weight is 197 g/mol. The van der Waals surface area contributed by atoms with Gasteiger partial charge in [0.1, 0.15) is 0 Å².